The predicted octanol–water partition coefficient (Wildman–Crippen LogP) is 4.84. The van der Waals surface area contributed by atoms with Crippen LogP contribution in [0.15, 0.2) is 52.9 Å². The number of benzene rings is 2. The van der Waals surface area contributed by atoms with E-state index in [0.29, 0.717) is 30.1 Å². The van der Waals surface area contributed by atoms with E-state index < -0.39 is 0 Å². The average molecular weight is 431 g/mol. The highest BCUT2D eigenvalue weighted by Crippen LogP contribution is 2.32. The van der Waals surface area contributed by atoms with Crippen LogP contribution in [0.2, 0.25) is 0 Å². The van der Waals surface area contributed by atoms with Crippen LogP contribution >= 0.6 is 0 Å². The van der Waals surface area contributed by atoms with E-state index in [9.17, 15) is 9.59 Å². The fourth-order valence-corrected chi connectivity index (χ4v) is 5.21. The van der Waals surface area contributed by atoms with Crippen LogP contribution in [-0.4, -0.2) is 42.3 Å². The Morgan fingerprint density at radius 3 is 2.66 bits per heavy atom. The van der Waals surface area contributed by atoms with Crippen molar-refractivity contribution in [3.8, 4) is 11.1 Å². The number of rotatable bonds is 7. The van der Waals surface area contributed by atoms with Crippen molar-refractivity contribution in [2.75, 3.05) is 19.6 Å². The zero-order chi connectivity index (χ0) is 22.1. The van der Waals surface area contributed by atoms with Gasteiger partial charge in [-0.15, -0.1) is 0 Å². The molecule has 0 unspecified atom stereocenters. The van der Waals surface area contributed by atoms with Gasteiger partial charge in [-0.3, -0.25) is 9.59 Å². The second-order valence-electron chi connectivity index (χ2n) is 9.22. The Bertz CT molecular complexity index is 1140. The molecule has 4 heterocycles. The molecule has 1 amide bonds. The van der Waals surface area contributed by atoms with E-state index in [0.717, 1.165) is 61.0 Å². The highest BCUT2D eigenvalue weighted by Gasteiger charge is 2.35. The summed E-state index contributed by atoms with van der Waals surface area (Å²) in [5.41, 5.74) is 3.65. The molecule has 166 valence electrons. The number of nitrogens with zero attached hydrogens (tertiary/aromatic N) is 1. The maximum atomic E-state index is 13.0. The van der Waals surface area contributed by atoms with Gasteiger partial charge in [-0.2, -0.15) is 0 Å². The molecule has 6 rings (SSSR count). The first kappa shape index (κ1) is 21.0. The molecule has 0 radical (unpaired) electrons. The third-order valence-electron chi connectivity index (χ3n) is 6.91. The molecular formula is C27H30N2O3. The van der Waals surface area contributed by atoms with Crippen molar-refractivity contribution in [1.82, 2.24) is 10.2 Å². The lowest BCUT2D eigenvalue weighted by Crippen LogP contribution is -2.57. The minimum atomic E-state index is -0.134. The molecule has 0 spiro atoms. The Kier molecular flexibility index (Phi) is 5.83. The lowest BCUT2D eigenvalue weighted by molar-refractivity contribution is -0.118. The number of para-hydroxylation sites is 1. The van der Waals surface area contributed by atoms with Gasteiger partial charge in [0.05, 0.1) is 0 Å². The van der Waals surface area contributed by atoms with Crippen molar-refractivity contribution in [2.45, 2.75) is 45.1 Å². The number of hydrogen-bond acceptors (Lipinski definition) is 4. The van der Waals surface area contributed by atoms with Gasteiger partial charge in [0.25, 0.3) is 5.91 Å². The van der Waals surface area contributed by atoms with Crippen LogP contribution in [0.1, 0.15) is 48.7 Å². The van der Waals surface area contributed by atoms with E-state index in [2.05, 4.69) is 16.3 Å². The standard InChI is InChI=1S/C27H30N2O3/c1-2-5-22(30)15-18-6-3-7-20(14-18)23-9-4-8-21-16-25(32-26(21)23)27(31)28-24-17-29-12-10-19(24)11-13-29/h3-4,6-9,14,16,19,24H,2,5,10-13,15,17H2,1H3,(H,28,31)/t24-/m0/s1. The number of furan rings is 1. The molecule has 0 saturated carbocycles. The summed E-state index contributed by atoms with van der Waals surface area (Å²) in [5.74, 6) is 1.05. The normalized spacial score (nSPS) is 22.2. The maximum absolute atomic E-state index is 13.0. The van der Waals surface area contributed by atoms with Gasteiger partial charge >= 0.3 is 0 Å². The second-order valence-corrected chi connectivity index (χ2v) is 9.22. The second kappa shape index (κ2) is 8.91. The quantitative estimate of drug-likeness (QED) is 0.583. The van der Waals surface area contributed by atoms with Crippen molar-refractivity contribution >= 4 is 22.7 Å². The number of hydrogen-bond donors (Lipinski definition) is 1. The van der Waals surface area contributed by atoms with E-state index in [1.54, 1.807) is 0 Å². The zero-order valence-electron chi connectivity index (χ0n) is 18.6. The molecule has 0 aliphatic carbocycles. The minimum Gasteiger partial charge on any atom is -0.450 e. The van der Waals surface area contributed by atoms with Crippen LogP contribution in [0, 0.1) is 5.92 Å². The zero-order valence-corrected chi connectivity index (χ0v) is 18.6. The molecule has 1 N–H and O–H groups in total. The van der Waals surface area contributed by atoms with Gasteiger partial charge < -0.3 is 14.6 Å². The van der Waals surface area contributed by atoms with Crippen molar-refractivity contribution in [3.63, 3.8) is 0 Å². The number of nitrogens with one attached hydrogen (secondary N) is 1. The summed E-state index contributed by atoms with van der Waals surface area (Å²) in [5, 5.41) is 4.13. The van der Waals surface area contributed by atoms with Gasteiger partial charge in [-0.05, 0) is 55.5 Å². The summed E-state index contributed by atoms with van der Waals surface area (Å²) >= 11 is 0. The summed E-state index contributed by atoms with van der Waals surface area (Å²) in [6.07, 6.45) is 4.24. The fraction of sp³-hybridized carbons (Fsp3) is 0.407. The topological polar surface area (TPSA) is 62.6 Å². The maximum Gasteiger partial charge on any atom is 0.287 e. The Labute approximate surface area is 188 Å². The lowest BCUT2D eigenvalue weighted by Gasteiger charge is -2.44. The molecule has 1 aromatic heterocycles. The smallest absolute Gasteiger partial charge is 0.287 e. The van der Waals surface area contributed by atoms with E-state index in [4.69, 9.17) is 4.42 Å². The highest BCUT2D eigenvalue weighted by molar-refractivity contribution is 6.00. The van der Waals surface area contributed by atoms with Crippen LogP contribution in [0.5, 0.6) is 0 Å². The van der Waals surface area contributed by atoms with Crippen LogP contribution in [0.3, 0.4) is 0 Å². The third kappa shape index (κ3) is 4.22. The molecule has 1 atom stereocenters. The molecule has 5 nitrogen and oxygen atoms in total. The first-order valence-corrected chi connectivity index (χ1v) is 11.8. The SMILES string of the molecule is CCCC(=O)Cc1cccc(-c2cccc3cc(C(=O)N[C@H]4CN5CCC4CC5)oc23)c1. The summed E-state index contributed by atoms with van der Waals surface area (Å²) in [6, 6.07) is 16.1. The first-order chi connectivity index (χ1) is 15.6. The van der Waals surface area contributed by atoms with Crippen molar-refractivity contribution in [1.29, 1.82) is 0 Å². The molecule has 3 aromatic rings. The summed E-state index contributed by atoms with van der Waals surface area (Å²) in [7, 11) is 0. The number of Topliss-reactive ketones (excluding diaryl/α,β-unsaturated/α-hetero) is 1. The third-order valence-corrected chi connectivity index (χ3v) is 6.91. The molecule has 32 heavy (non-hydrogen) atoms. The number of piperidine rings is 3. The molecule has 3 aliphatic rings. The molecule has 3 fully saturated rings. The Balaban J connectivity index is 1.39. The molecule has 5 heteroatoms. The summed E-state index contributed by atoms with van der Waals surface area (Å²) in [4.78, 5) is 27.5. The van der Waals surface area contributed by atoms with Gasteiger partial charge in [-0.25, -0.2) is 0 Å². The van der Waals surface area contributed by atoms with Crippen molar-refractivity contribution < 1.29 is 14.0 Å². The Morgan fingerprint density at radius 1 is 1.09 bits per heavy atom. The minimum absolute atomic E-state index is 0.134. The number of fused-ring (bicyclic) bond motifs is 4. The average Bonchev–Trinajstić information content (AvgIpc) is 3.25. The van der Waals surface area contributed by atoms with E-state index in [1.165, 1.54) is 0 Å². The number of carbonyl (C=O) groups is 2. The van der Waals surface area contributed by atoms with Gasteiger partial charge in [0, 0.05) is 36.4 Å². The molecular weight excluding hydrogens is 400 g/mol. The monoisotopic (exact) mass is 430 g/mol. The molecule has 3 saturated heterocycles. The molecule has 2 aromatic carbocycles. The molecule has 3 aliphatic heterocycles. The van der Waals surface area contributed by atoms with Gasteiger partial charge in [0.15, 0.2) is 5.76 Å². The van der Waals surface area contributed by atoms with Gasteiger partial charge in [0.1, 0.15) is 11.4 Å². The van der Waals surface area contributed by atoms with Crippen LogP contribution in [0.25, 0.3) is 22.1 Å². The number of amides is 1. The summed E-state index contributed by atoms with van der Waals surface area (Å²) < 4.78 is 6.10. The number of carbonyl (C=O) groups excluding carboxylic acids is 2. The first-order valence-electron chi connectivity index (χ1n) is 11.8. The Hall–Kier alpha value is -2.92. The number of ketones is 1. The van der Waals surface area contributed by atoms with Crippen LogP contribution < -0.4 is 5.32 Å². The highest BCUT2D eigenvalue weighted by atomic mass is 16.3. The Morgan fingerprint density at radius 2 is 1.91 bits per heavy atom. The fourth-order valence-electron chi connectivity index (χ4n) is 5.21. The molecule has 2 bridgehead atoms. The van der Waals surface area contributed by atoms with Crippen molar-refractivity contribution in [3.05, 3.63) is 59.9 Å². The van der Waals surface area contributed by atoms with E-state index in [1.807, 2.05) is 49.4 Å². The largest absolute Gasteiger partial charge is 0.450 e. The lowest BCUT2D eigenvalue weighted by atomic mass is 9.84. The predicted molar refractivity (Wildman–Crippen MR) is 126 cm³/mol. The van der Waals surface area contributed by atoms with Gasteiger partial charge in [-0.1, -0.05) is 49.4 Å². The van der Waals surface area contributed by atoms with Crippen molar-refractivity contribution in [2.24, 2.45) is 5.92 Å². The van der Waals surface area contributed by atoms with Gasteiger partial charge in [0.2, 0.25) is 0 Å². The van der Waals surface area contributed by atoms with E-state index >= 15 is 0 Å². The van der Waals surface area contributed by atoms with E-state index in [-0.39, 0.29) is 17.7 Å². The summed E-state index contributed by atoms with van der Waals surface area (Å²) in [6.45, 7) is 5.25. The van der Waals surface area contributed by atoms with Crippen LogP contribution in [0.4, 0.5) is 0 Å². The van der Waals surface area contributed by atoms with Crippen LogP contribution in [-0.2, 0) is 11.2 Å².